The number of nitrogens with one attached hydrogen (secondary N) is 1. The molecule has 0 heterocycles. The lowest BCUT2D eigenvalue weighted by atomic mass is 9.79. The number of aryl methyl sites for hydroxylation is 1. The molecule has 0 spiro atoms. The predicted molar refractivity (Wildman–Crippen MR) is 93.1 cm³/mol. The van der Waals surface area contributed by atoms with Gasteiger partial charge in [-0.15, -0.1) is 0 Å². The third-order valence-electron chi connectivity index (χ3n) is 5.16. The van der Waals surface area contributed by atoms with Crippen LogP contribution in [0.5, 0.6) is 0 Å². The predicted octanol–water partition coefficient (Wildman–Crippen LogP) is 4.38. The highest BCUT2D eigenvalue weighted by molar-refractivity contribution is 5.54. The van der Waals surface area contributed by atoms with E-state index in [4.69, 9.17) is 0 Å². The summed E-state index contributed by atoms with van der Waals surface area (Å²) in [6.45, 7) is 7.94. The second-order valence-corrected chi connectivity index (χ2v) is 6.50. The van der Waals surface area contributed by atoms with Gasteiger partial charge in [0.1, 0.15) is 0 Å². The number of benzene rings is 1. The second-order valence-electron chi connectivity index (χ2n) is 6.50. The molecule has 3 atom stereocenters. The van der Waals surface area contributed by atoms with Gasteiger partial charge in [0.15, 0.2) is 0 Å². The van der Waals surface area contributed by atoms with E-state index in [1.54, 1.807) is 0 Å². The van der Waals surface area contributed by atoms with Crippen LogP contribution in [0.3, 0.4) is 0 Å². The van der Waals surface area contributed by atoms with Gasteiger partial charge < -0.3 is 10.2 Å². The molecule has 0 bridgehead atoms. The minimum atomic E-state index is 0.623. The number of likely N-dealkylation sites (N-methyl/N-ethyl adjacent to an activating group) is 2. The average Bonchev–Trinajstić information content (AvgIpc) is 2.50. The van der Waals surface area contributed by atoms with Crippen LogP contribution in [0.15, 0.2) is 24.3 Å². The van der Waals surface area contributed by atoms with Crippen LogP contribution in [0.25, 0.3) is 0 Å². The summed E-state index contributed by atoms with van der Waals surface area (Å²) < 4.78 is 0. The fraction of sp³-hybridized carbons (Fsp3) is 0.684. The van der Waals surface area contributed by atoms with E-state index < -0.39 is 0 Å². The normalized spacial score (nSPS) is 25.8. The van der Waals surface area contributed by atoms with E-state index >= 15 is 0 Å². The Morgan fingerprint density at radius 3 is 2.57 bits per heavy atom. The van der Waals surface area contributed by atoms with Gasteiger partial charge in [-0.05, 0) is 57.7 Å². The molecule has 1 fully saturated rings. The first kappa shape index (κ1) is 16.4. The summed E-state index contributed by atoms with van der Waals surface area (Å²) in [5, 5.41) is 3.58. The standard InChI is InChI=1S/C19H32N2/c1-5-9-16-12-13-17(20-4)19(14-16)21(6-2)18-11-8-7-10-15(18)3/h7-8,10-11,16-17,19-20H,5-6,9,12-14H2,1-4H3. The van der Waals surface area contributed by atoms with Gasteiger partial charge in [0.2, 0.25) is 0 Å². The number of hydrogen-bond acceptors (Lipinski definition) is 2. The van der Waals surface area contributed by atoms with E-state index in [1.807, 2.05) is 0 Å². The van der Waals surface area contributed by atoms with Gasteiger partial charge in [0.25, 0.3) is 0 Å². The quantitative estimate of drug-likeness (QED) is 0.836. The molecule has 0 aliphatic heterocycles. The molecular formula is C19H32N2. The van der Waals surface area contributed by atoms with Gasteiger partial charge in [-0.3, -0.25) is 0 Å². The molecule has 1 aromatic carbocycles. The third kappa shape index (κ3) is 3.79. The summed E-state index contributed by atoms with van der Waals surface area (Å²) in [7, 11) is 2.13. The molecule has 1 aliphatic carbocycles. The maximum atomic E-state index is 3.58. The summed E-state index contributed by atoms with van der Waals surface area (Å²) in [6, 6.07) is 10.1. The van der Waals surface area contributed by atoms with Gasteiger partial charge in [0.05, 0.1) is 0 Å². The average molecular weight is 288 g/mol. The van der Waals surface area contributed by atoms with Crippen LogP contribution < -0.4 is 10.2 Å². The van der Waals surface area contributed by atoms with Crippen LogP contribution in [0, 0.1) is 12.8 Å². The fourth-order valence-electron chi connectivity index (χ4n) is 4.05. The molecule has 2 nitrogen and oxygen atoms in total. The van der Waals surface area contributed by atoms with Crippen LogP contribution in [-0.2, 0) is 0 Å². The van der Waals surface area contributed by atoms with Crippen LogP contribution in [0.4, 0.5) is 5.69 Å². The van der Waals surface area contributed by atoms with Gasteiger partial charge in [-0.2, -0.15) is 0 Å². The number of anilines is 1. The van der Waals surface area contributed by atoms with Gasteiger partial charge in [-0.25, -0.2) is 0 Å². The molecule has 2 heteroatoms. The fourth-order valence-corrected chi connectivity index (χ4v) is 4.05. The number of nitrogens with zero attached hydrogens (tertiary/aromatic N) is 1. The molecule has 1 aliphatic rings. The van der Waals surface area contributed by atoms with Crippen LogP contribution in [0.2, 0.25) is 0 Å². The maximum Gasteiger partial charge on any atom is 0.0445 e. The molecule has 0 aromatic heterocycles. The first-order valence-corrected chi connectivity index (χ1v) is 8.70. The monoisotopic (exact) mass is 288 g/mol. The summed E-state index contributed by atoms with van der Waals surface area (Å²) >= 11 is 0. The topological polar surface area (TPSA) is 15.3 Å². The number of rotatable bonds is 6. The molecule has 1 aromatic rings. The highest BCUT2D eigenvalue weighted by Gasteiger charge is 2.33. The molecule has 0 saturated heterocycles. The van der Waals surface area contributed by atoms with Crippen molar-refractivity contribution in [2.24, 2.45) is 5.92 Å². The summed E-state index contributed by atoms with van der Waals surface area (Å²) in [5.41, 5.74) is 2.81. The molecule has 0 radical (unpaired) electrons. The van der Waals surface area contributed by atoms with Crippen molar-refractivity contribution in [2.45, 2.75) is 65.0 Å². The summed E-state index contributed by atoms with van der Waals surface area (Å²) in [6.07, 6.45) is 6.74. The zero-order valence-electron chi connectivity index (χ0n) is 14.2. The van der Waals surface area contributed by atoms with Gasteiger partial charge in [-0.1, -0.05) is 38.0 Å². The molecule has 3 unspecified atom stereocenters. The van der Waals surface area contributed by atoms with Gasteiger partial charge in [0, 0.05) is 24.3 Å². The van der Waals surface area contributed by atoms with Crippen molar-refractivity contribution in [1.29, 1.82) is 0 Å². The van der Waals surface area contributed by atoms with E-state index in [1.165, 1.54) is 43.4 Å². The van der Waals surface area contributed by atoms with Crippen LogP contribution in [-0.4, -0.2) is 25.7 Å². The van der Waals surface area contributed by atoms with Crippen molar-refractivity contribution in [1.82, 2.24) is 5.32 Å². The molecule has 0 amide bonds. The van der Waals surface area contributed by atoms with Crippen molar-refractivity contribution in [3.8, 4) is 0 Å². The van der Waals surface area contributed by atoms with E-state index in [0.717, 1.165) is 12.5 Å². The van der Waals surface area contributed by atoms with Crippen LogP contribution in [0.1, 0.15) is 51.5 Å². The lowest BCUT2D eigenvalue weighted by Crippen LogP contribution is -2.52. The Morgan fingerprint density at radius 1 is 1.19 bits per heavy atom. The Labute approximate surface area is 130 Å². The Balaban J connectivity index is 2.22. The SMILES string of the molecule is CCCC1CCC(NC)C(N(CC)c2ccccc2C)C1. The zero-order chi connectivity index (χ0) is 15.2. The van der Waals surface area contributed by atoms with E-state index in [9.17, 15) is 0 Å². The van der Waals surface area contributed by atoms with Crippen LogP contribution >= 0.6 is 0 Å². The molecule has 2 rings (SSSR count). The minimum absolute atomic E-state index is 0.623. The summed E-state index contributed by atoms with van der Waals surface area (Å²) in [4.78, 5) is 2.64. The number of hydrogen-bond donors (Lipinski definition) is 1. The minimum Gasteiger partial charge on any atom is -0.367 e. The largest absolute Gasteiger partial charge is 0.367 e. The Kier molecular flexibility index (Phi) is 6.10. The highest BCUT2D eigenvalue weighted by atomic mass is 15.2. The van der Waals surface area contributed by atoms with E-state index in [0.29, 0.717) is 12.1 Å². The number of para-hydroxylation sites is 1. The van der Waals surface area contributed by atoms with Crippen molar-refractivity contribution >= 4 is 5.69 Å². The lowest BCUT2D eigenvalue weighted by Gasteiger charge is -2.44. The highest BCUT2D eigenvalue weighted by Crippen LogP contribution is 2.34. The van der Waals surface area contributed by atoms with Crippen molar-refractivity contribution in [3.05, 3.63) is 29.8 Å². The Bertz CT molecular complexity index is 429. The molecule has 118 valence electrons. The van der Waals surface area contributed by atoms with E-state index in [2.05, 4.69) is 62.3 Å². The van der Waals surface area contributed by atoms with E-state index in [-0.39, 0.29) is 0 Å². The Morgan fingerprint density at radius 2 is 1.95 bits per heavy atom. The zero-order valence-corrected chi connectivity index (χ0v) is 14.2. The third-order valence-corrected chi connectivity index (χ3v) is 5.16. The molecule has 1 N–H and O–H groups in total. The van der Waals surface area contributed by atoms with Crippen molar-refractivity contribution < 1.29 is 0 Å². The molecular weight excluding hydrogens is 256 g/mol. The van der Waals surface area contributed by atoms with Gasteiger partial charge >= 0.3 is 0 Å². The lowest BCUT2D eigenvalue weighted by molar-refractivity contribution is 0.245. The smallest absolute Gasteiger partial charge is 0.0445 e. The van der Waals surface area contributed by atoms with Crippen molar-refractivity contribution in [2.75, 3.05) is 18.5 Å². The maximum absolute atomic E-state index is 3.58. The first-order chi connectivity index (χ1) is 10.2. The molecule has 1 saturated carbocycles. The first-order valence-electron chi connectivity index (χ1n) is 8.70. The summed E-state index contributed by atoms with van der Waals surface area (Å²) in [5.74, 6) is 0.905. The van der Waals surface area contributed by atoms with Crippen molar-refractivity contribution in [3.63, 3.8) is 0 Å². The Hall–Kier alpha value is -1.02. The molecule has 21 heavy (non-hydrogen) atoms. The second kappa shape index (κ2) is 7.84.